The van der Waals surface area contributed by atoms with E-state index in [4.69, 9.17) is 20.7 Å². The largest absolute Gasteiger partial charge is 0.396 e. The molecule has 0 saturated carbocycles. The number of nitrogens with one attached hydrogen (secondary N) is 1. The Morgan fingerprint density at radius 2 is 1.47 bits per heavy atom. The van der Waals surface area contributed by atoms with Crippen LogP contribution in [0.4, 0.5) is 23.1 Å². The highest BCUT2D eigenvalue weighted by Crippen LogP contribution is 2.29. The average Bonchev–Trinajstić information content (AvgIpc) is 2.83. The highest BCUT2D eigenvalue weighted by molar-refractivity contribution is 5.72. The second kappa shape index (κ2) is 12.0. The van der Waals surface area contributed by atoms with E-state index in [0.29, 0.717) is 11.5 Å². The molecule has 0 spiro atoms. The lowest BCUT2D eigenvalue weighted by Gasteiger charge is -2.26. The molecule has 3 rings (SSSR count). The van der Waals surface area contributed by atoms with E-state index in [1.807, 2.05) is 47.5 Å². The number of aryl methyl sites for hydroxylation is 3. The van der Waals surface area contributed by atoms with E-state index in [9.17, 15) is 0 Å². The molecule has 6 nitrogen and oxygen atoms in total. The van der Waals surface area contributed by atoms with Crippen LogP contribution < -0.4 is 16.2 Å². The quantitative estimate of drug-likeness (QED) is 0.260. The van der Waals surface area contributed by atoms with E-state index in [-0.39, 0.29) is 0 Å². The summed E-state index contributed by atoms with van der Waals surface area (Å²) in [5, 5.41) is 1.86. The Morgan fingerprint density at radius 3 is 2.25 bits per heavy atom. The molecule has 0 aliphatic rings. The fourth-order valence-corrected chi connectivity index (χ4v) is 3.53. The van der Waals surface area contributed by atoms with Gasteiger partial charge in [0.25, 0.3) is 0 Å². The zero-order chi connectivity index (χ0) is 22.8. The SMILES string of the molecule is CCCCCc1cccc(NN(c2cccc(CC)n2)c2nc(CCCC)ccc2N)n1. The predicted octanol–water partition coefficient (Wildman–Crippen LogP) is 6.26. The van der Waals surface area contributed by atoms with Crippen molar-refractivity contribution in [3.8, 4) is 0 Å². The summed E-state index contributed by atoms with van der Waals surface area (Å²) in [6.07, 6.45) is 8.52. The van der Waals surface area contributed by atoms with E-state index in [0.717, 1.165) is 67.2 Å². The summed E-state index contributed by atoms with van der Waals surface area (Å²) in [5.41, 5.74) is 13.5. The molecule has 3 aromatic heterocycles. The van der Waals surface area contributed by atoms with Crippen LogP contribution in [0.25, 0.3) is 0 Å². The van der Waals surface area contributed by atoms with E-state index in [1.165, 1.54) is 12.8 Å². The topological polar surface area (TPSA) is 80.0 Å². The van der Waals surface area contributed by atoms with Gasteiger partial charge in [-0.25, -0.2) is 20.0 Å². The van der Waals surface area contributed by atoms with Crippen LogP contribution in [0.5, 0.6) is 0 Å². The second-order valence-electron chi connectivity index (χ2n) is 8.08. The Bertz CT molecular complexity index is 988. The highest BCUT2D eigenvalue weighted by Gasteiger charge is 2.18. The van der Waals surface area contributed by atoms with Crippen LogP contribution in [-0.4, -0.2) is 15.0 Å². The van der Waals surface area contributed by atoms with Crippen LogP contribution in [0.1, 0.15) is 70.0 Å². The van der Waals surface area contributed by atoms with Gasteiger partial charge in [-0.1, -0.05) is 52.2 Å². The number of unbranched alkanes of at least 4 members (excludes halogenated alkanes) is 3. The van der Waals surface area contributed by atoms with Crippen LogP contribution in [0.2, 0.25) is 0 Å². The summed E-state index contributed by atoms with van der Waals surface area (Å²) in [4.78, 5) is 14.5. The first-order chi connectivity index (χ1) is 15.6. The van der Waals surface area contributed by atoms with Crippen molar-refractivity contribution in [2.75, 3.05) is 16.2 Å². The number of pyridine rings is 3. The van der Waals surface area contributed by atoms with Gasteiger partial charge in [0, 0.05) is 17.1 Å². The van der Waals surface area contributed by atoms with Crippen LogP contribution in [0.15, 0.2) is 48.5 Å². The number of rotatable bonds is 12. The molecule has 6 heteroatoms. The number of hydrazine groups is 1. The molecule has 32 heavy (non-hydrogen) atoms. The molecule has 0 aliphatic carbocycles. The lowest BCUT2D eigenvalue weighted by Crippen LogP contribution is -2.28. The summed E-state index contributed by atoms with van der Waals surface area (Å²) in [6, 6.07) is 16.0. The first-order valence-corrected chi connectivity index (χ1v) is 11.9. The molecule has 0 amide bonds. The van der Waals surface area contributed by atoms with Crippen LogP contribution in [-0.2, 0) is 19.3 Å². The van der Waals surface area contributed by atoms with Gasteiger partial charge in [0.2, 0.25) is 0 Å². The third kappa shape index (κ3) is 6.42. The monoisotopic (exact) mass is 432 g/mol. The molecule has 0 bridgehead atoms. The molecular weight excluding hydrogens is 396 g/mol. The fourth-order valence-electron chi connectivity index (χ4n) is 3.53. The predicted molar refractivity (Wildman–Crippen MR) is 134 cm³/mol. The van der Waals surface area contributed by atoms with E-state index in [1.54, 1.807) is 0 Å². The standard InChI is InChI=1S/C26H36N6/c1-4-7-9-13-21-15-10-16-24(28-21)31-32(25-17-11-14-20(6-3)29-25)26-23(27)19-18-22(30-26)12-8-5-2/h10-11,14-19H,4-9,12-13,27H2,1-3H3,(H,28,31). The summed E-state index contributed by atoms with van der Waals surface area (Å²) in [6.45, 7) is 6.50. The first kappa shape index (κ1) is 23.5. The molecule has 3 aromatic rings. The Kier molecular flexibility index (Phi) is 8.84. The van der Waals surface area contributed by atoms with Gasteiger partial charge in [0.15, 0.2) is 11.6 Å². The fraction of sp³-hybridized carbons (Fsp3) is 0.423. The number of nitrogens with two attached hydrogens (primary N) is 1. The van der Waals surface area contributed by atoms with Crippen molar-refractivity contribution in [2.24, 2.45) is 0 Å². The number of anilines is 4. The number of nitrogens with zero attached hydrogens (tertiary/aromatic N) is 4. The number of hydrogen-bond donors (Lipinski definition) is 2. The van der Waals surface area contributed by atoms with Crippen LogP contribution >= 0.6 is 0 Å². The second-order valence-corrected chi connectivity index (χ2v) is 8.08. The van der Waals surface area contributed by atoms with E-state index in [2.05, 4.69) is 32.3 Å². The lowest BCUT2D eigenvalue weighted by atomic mass is 10.1. The molecule has 0 unspecified atom stereocenters. The minimum absolute atomic E-state index is 0.598. The minimum atomic E-state index is 0.598. The van der Waals surface area contributed by atoms with Crippen molar-refractivity contribution in [1.29, 1.82) is 0 Å². The smallest absolute Gasteiger partial charge is 0.177 e. The number of nitrogen functional groups attached to an aromatic ring is 1. The van der Waals surface area contributed by atoms with Crippen LogP contribution in [0.3, 0.4) is 0 Å². The Hall–Kier alpha value is -3.15. The number of hydrogen-bond acceptors (Lipinski definition) is 6. The van der Waals surface area contributed by atoms with Gasteiger partial charge >= 0.3 is 0 Å². The van der Waals surface area contributed by atoms with Gasteiger partial charge in [0.1, 0.15) is 5.82 Å². The van der Waals surface area contributed by atoms with Gasteiger partial charge in [-0.2, -0.15) is 0 Å². The average molecular weight is 433 g/mol. The maximum atomic E-state index is 6.40. The van der Waals surface area contributed by atoms with Crippen molar-refractivity contribution >= 4 is 23.1 Å². The molecule has 3 N–H and O–H groups in total. The Morgan fingerprint density at radius 1 is 0.750 bits per heavy atom. The van der Waals surface area contributed by atoms with Crippen molar-refractivity contribution in [3.05, 3.63) is 65.6 Å². The van der Waals surface area contributed by atoms with Crippen molar-refractivity contribution in [2.45, 2.75) is 72.1 Å². The summed E-state index contributed by atoms with van der Waals surface area (Å²) in [5.74, 6) is 2.15. The maximum absolute atomic E-state index is 6.40. The first-order valence-electron chi connectivity index (χ1n) is 11.9. The van der Waals surface area contributed by atoms with Crippen LogP contribution in [0, 0.1) is 0 Å². The molecule has 0 fully saturated rings. The zero-order valence-corrected chi connectivity index (χ0v) is 19.6. The van der Waals surface area contributed by atoms with Gasteiger partial charge in [-0.05, 0) is 68.5 Å². The highest BCUT2D eigenvalue weighted by atomic mass is 15.6. The summed E-state index contributed by atoms with van der Waals surface area (Å²) < 4.78 is 0. The van der Waals surface area contributed by atoms with Crippen molar-refractivity contribution in [1.82, 2.24) is 15.0 Å². The third-order valence-electron chi connectivity index (χ3n) is 5.41. The number of aromatic nitrogens is 3. The molecule has 0 radical (unpaired) electrons. The Balaban J connectivity index is 1.96. The van der Waals surface area contributed by atoms with Crippen molar-refractivity contribution in [3.63, 3.8) is 0 Å². The van der Waals surface area contributed by atoms with Gasteiger partial charge < -0.3 is 5.73 Å². The maximum Gasteiger partial charge on any atom is 0.177 e. The molecule has 0 aliphatic heterocycles. The third-order valence-corrected chi connectivity index (χ3v) is 5.41. The molecule has 3 heterocycles. The molecule has 0 aromatic carbocycles. The van der Waals surface area contributed by atoms with E-state index < -0.39 is 0 Å². The zero-order valence-electron chi connectivity index (χ0n) is 19.6. The van der Waals surface area contributed by atoms with Gasteiger partial charge in [0.05, 0.1) is 5.69 Å². The van der Waals surface area contributed by atoms with Gasteiger partial charge in [-0.15, -0.1) is 0 Å². The lowest BCUT2D eigenvalue weighted by molar-refractivity contribution is 0.707. The molecule has 170 valence electrons. The summed E-state index contributed by atoms with van der Waals surface area (Å²) in [7, 11) is 0. The van der Waals surface area contributed by atoms with E-state index >= 15 is 0 Å². The van der Waals surface area contributed by atoms with Gasteiger partial charge in [-0.3, -0.25) is 5.43 Å². The minimum Gasteiger partial charge on any atom is -0.396 e. The summed E-state index contributed by atoms with van der Waals surface area (Å²) >= 11 is 0. The Labute approximate surface area is 192 Å². The normalized spacial score (nSPS) is 10.8. The molecular formula is C26H36N6. The van der Waals surface area contributed by atoms with Crippen molar-refractivity contribution < 1.29 is 0 Å². The molecule has 0 saturated heterocycles. The molecule has 0 atom stereocenters.